The Bertz CT molecular complexity index is 642. The van der Waals surface area contributed by atoms with Crippen LogP contribution in [0.4, 0.5) is 11.4 Å². The third kappa shape index (κ3) is 4.40. The lowest BCUT2D eigenvalue weighted by Crippen LogP contribution is -2.12. The Kier molecular flexibility index (Phi) is 5.67. The third-order valence-corrected chi connectivity index (χ3v) is 3.48. The van der Waals surface area contributed by atoms with Crippen molar-refractivity contribution in [3.05, 3.63) is 53.1 Å². The maximum Gasteiger partial charge on any atom is 0.255 e. The number of benzene rings is 2. The van der Waals surface area contributed by atoms with Crippen molar-refractivity contribution in [2.75, 3.05) is 17.7 Å². The summed E-state index contributed by atoms with van der Waals surface area (Å²) < 4.78 is 5.57. The average Bonchev–Trinajstić information content (AvgIpc) is 2.52. The number of rotatable bonds is 6. The molecule has 0 saturated heterocycles. The van der Waals surface area contributed by atoms with E-state index in [-0.39, 0.29) is 5.91 Å². The summed E-state index contributed by atoms with van der Waals surface area (Å²) in [6.07, 6.45) is 2.10. The van der Waals surface area contributed by atoms with Gasteiger partial charge in [-0.05, 0) is 48.9 Å². The fourth-order valence-electron chi connectivity index (χ4n) is 1.86. The van der Waals surface area contributed by atoms with Gasteiger partial charge in [-0.25, -0.2) is 0 Å². The van der Waals surface area contributed by atoms with Gasteiger partial charge in [0.05, 0.1) is 17.3 Å². The Balaban J connectivity index is 1.98. The molecule has 2 rings (SSSR count). The summed E-state index contributed by atoms with van der Waals surface area (Å²) >= 11 is 5.85. The molecular formula is C17H19ClN2O2. The summed E-state index contributed by atoms with van der Waals surface area (Å²) in [6.45, 7) is 2.80. The largest absolute Gasteiger partial charge is 0.494 e. The Morgan fingerprint density at radius 2 is 1.95 bits per heavy atom. The predicted molar refractivity (Wildman–Crippen MR) is 90.7 cm³/mol. The highest BCUT2D eigenvalue weighted by molar-refractivity contribution is 6.33. The number of carbonyl (C=O) groups excluding carboxylic acids is 1. The molecule has 3 N–H and O–H groups in total. The summed E-state index contributed by atoms with van der Waals surface area (Å²) in [5.41, 5.74) is 7.30. The second-order valence-corrected chi connectivity index (χ2v) is 5.32. The third-order valence-electron chi connectivity index (χ3n) is 3.14. The number of hydrogen-bond donors (Lipinski definition) is 2. The van der Waals surface area contributed by atoms with E-state index in [1.807, 2.05) is 0 Å². The van der Waals surface area contributed by atoms with Crippen LogP contribution in [0.5, 0.6) is 5.75 Å². The van der Waals surface area contributed by atoms with E-state index in [1.54, 1.807) is 42.5 Å². The summed E-state index contributed by atoms with van der Waals surface area (Å²) in [5, 5.41) is 3.24. The number of carbonyl (C=O) groups is 1. The SMILES string of the molecule is CCCCOc1ccc(C(=O)Nc2ccc(Cl)c(N)c2)cc1. The normalized spacial score (nSPS) is 10.3. The van der Waals surface area contributed by atoms with Crippen molar-refractivity contribution in [3.8, 4) is 5.75 Å². The van der Waals surface area contributed by atoms with Crippen molar-refractivity contribution < 1.29 is 9.53 Å². The molecule has 0 saturated carbocycles. The minimum Gasteiger partial charge on any atom is -0.494 e. The molecule has 0 aliphatic rings. The zero-order chi connectivity index (χ0) is 15.9. The van der Waals surface area contributed by atoms with Gasteiger partial charge in [-0.3, -0.25) is 4.79 Å². The quantitative estimate of drug-likeness (QED) is 0.614. The summed E-state index contributed by atoms with van der Waals surface area (Å²) in [4.78, 5) is 12.2. The molecule has 0 aliphatic carbocycles. The standard InChI is InChI=1S/C17H19ClN2O2/c1-2-3-10-22-14-7-4-12(5-8-14)17(21)20-13-6-9-15(18)16(19)11-13/h4-9,11H,2-3,10,19H2,1H3,(H,20,21). The molecule has 0 heterocycles. The van der Waals surface area contributed by atoms with Crippen LogP contribution in [0, 0.1) is 0 Å². The Labute approximate surface area is 135 Å². The van der Waals surface area contributed by atoms with E-state index in [1.165, 1.54) is 0 Å². The van der Waals surface area contributed by atoms with Gasteiger partial charge in [0.1, 0.15) is 5.75 Å². The molecular weight excluding hydrogens is 300 g/mol. The fraction of sp³-hybridized carbons (Fsp3) is 0.235. The van der Waals surface area contributed by atoms with Crippen LogP contribution in [0.15, 0.2) is 42.5 Å². The Morgan fingerprint density at radius 3 is 2.59 bits per heavy atom. The van der Waals surface area contributed by atoms with E-state index in [4.69, 9.17) is 22.1 Å². The van der Waals surface area contributed by atoms with E-state index in [0.29, 0.717) is 28.6 Å². The summed E-state index contributed by atoms with van der Waals surface area (Å²) in [5.74, 6) is 0.558. The lowest BCUT2D eigenvalue weighted by Gasteiger charge is -2.08. The van der Waals surface area contributed by atoms with Gasteiger partial charge in [0.25, 0.3) is 5.91 Å². The number of halogens is 1. The van der Waals surface area contributed by atoms with Crippen molar-refractivity contribution in [1.82, 2.24) is 0 Å². The average molecular weight is 319 g/mol. The van der Waals surface area contributed by atoms with E-state index in [2.05, 4.69) is 12.2 Å². The monoisotopic (exact) mass is 318 g/mol. The fourth-order valence-corrected chi connectivity index (χ4v) is 1.98. The number of anilines is 2. The van der Waals surface area contributed by atoms with Crippen LogP contribution < -0.4 is 15.8 Å². The molecule has 0 radical (unpaired) electrons. The van der Waals surface area contributed by atoms with Crippen molar-refractivity contribution >= 4 is 28.9 Å². The number of nitrogens with one attached hydrogen (secondary N) is 1. The molecule has 0 fully saturated rings. The number of nitrogens with two attached hydrogens (primary N) is 1. The first kappa shape index (κ1) is 16.2. The predicted octanol–water partition coefficient (Wildman–Crippen LogP) is 4.35. The van der Waals surface area contributed by atoms with Gasteiger partial charge in [-0.2, -0.15) is 0 Å². The van der Waals surface area contributed by atoms with Crippen LogP contribution in [-0.4, -0.2) is 12.5 Å². The van der Waals surface area contributed by atoms with Crippen molar-refractivity contribution in [3.63, 3.8) is 0 Å². The maximum atomic E-state index is 12.2. The molecule has 1 amide bonds. The van der Waals surface area contributed by atoms with Crippen LogP contribution in [0.3, 0.4) is 0 Å². The highest BCUT2D eigenvalue weighted by atomic mass is 35.5. The molecule has 0 unspecified atom stereocenters. The summed E-state index contributed by atoms with van der Waals surface area (Å²) in [6, 6.07) is 12.0. The molecule has 0 spiro atoms. The lowest BCUT2D eigenvalue weighted by atomic mass is 10.2. The van der Waals surface area contributed by atoms with Gasteiger partial charge >= 0.3 is 0 Å². The van der Waals surface area contributed by atoms with Gasteiger partial charge in [-0.15, -0.1) is 0 Å². The van der Waals surface area contributed by atoms with Crippen LogP contribution in [0.1, 0.15) is 30.1 Å². The Morgan fingerprint density at radius 1 is 1.23 bits per heavy atom. The van der Waals surface area contributed by atoms with Crippen LogP contribution in [0.25, 0.3) is 0 Å². The minimum atomic E-state index is -0.207. The second kappa shape index (κ2) is 7.71. The topological polar surface area (TPSA) is 64.3 Å². The molecule has 5 heteroatoms. The molecule has 0 atom stereocenters. The van der Waals surface area contributed by atoms with Crippen molar-refractivity contribution in [2.24, 2.45) is 0 Å². The lowest BCUT2D eigenvalue weighted by molar-refractivity contribution is 0.102. The minimum absolute atomic E-state index is 0.207. The van der Waals surface area contributed by atoms with Crippen LogP contribution in [-0.2, 0) is 0 Å². The van der Waals surface area contributed by atoms with E-state index in [0.717, 1.165) is 18.6 Å². The molecule has 4 nitrogen and oxygen atoms in total. The molecule has 0 aliphatic heterocycles. The van der Waals surface area contributed by atoms with E-state index < -0.39 is 0 Å². The highest BCUT2D eigenvalue weighted by Crippen LogP contribution is 2.23. The number of ether oxygens (including phenoxy) is 1. The van der Waals surface area contributed by atoms with Crippen molar-refractivity contribution in [2.45, 2.75) is 19.8 Å². The zero-order valence-corrected chi connectivity index (χ0v) is 13.2. The van der Waals surface area contributed by atoms with Gasteiger partial charge in [0.15, 0.2) is 0 Å². The molecule has 0 bridgehead atoms. The maximum absolute atomic E-state index is 12.2. The first-order valence-electron chi connectivity index (χ1n) is 7.19. The van der Waals surface area contributed by atoms with Gasteiger partial charge in [-0.1, -0.05) is 24.9 Å². The molecule has 116 valence electrons. The number of nitrogen functional groups attached to an aromatic ring is 1. The number of amides is 1. The molecule has 22 heavy (non-hydrogen) atoms. The first-order chi connectivity index (χ1) is 10.6. The van der Waals surface area contributed by atoms with Gasteiger partial charge in [0, 0.05) is 11.3 Å². The summed E-state index contributed by atoms with van der Waals surface area (Å²) in [7, 11) is 0. The molecule has 2 aromatic carbocycles. The number of unbranched alkanes of at least 4 members (excludes halogenated alkanes) is 1. The van der Waals surface area contributed by atoms with Crippen LogP contribution >= 0.6 is 11.6 Å². The first-order valence-corrected chi connectivity index (χ1v) is 7.57. The zero-order valence-electron chi connectivity index (χ0n) is 12.4. The molecule has 2 aromatic rings. The Hall–Kier alpha value is -2.20. The smallest absolute Gasteiger partial charge is 0.255 e. The van der Waals surface area contributed by atoms with Gasteiger partial charge in [0.2, 0.25) is 0 Å². The van der Waals surface area contributed by atoms with E-state index >= 15 is 0 Å². The number of hydrogen-bond acceptors (Lipinski definition) is 3. The van der Waals surface area contributed by atoms with Gasteiger partial charge < -0.3 is 15.8 Å². The highest BCUT2D eigenvalue weighted by Gasteiger charge is 2.07. The van der Waals surface area contributed by atoms with E-state index in [9.17, 15) is 4.79 Å². The second-order valence-electron chi connectivity index (χ2n) is 4.92. The molecule has 0 aromatic heterocycles. The van der Waals surface area contributed by atoms with Crippen LogP contribution in [0.2, 0.25) is 5.02 Å². The van der Waals surface area contributed by atoms with Crippen molar-refractivity contribution in [1.29, 1.82) is 0 Å².